The van der Waals surface area contributed by atoms with Gasteiger partial charge in [-0.2, -0.15) is 5.10 Å². The molecule has 4 nitrogen and oxygen atoms in total. The molecule has 16 heavy (non-hydrogen) atoms. The fourth-order valence-electron chi connectivity index (χ4n) is 1.19. The van der Waals surface area contributed by atoms with Crippen molar-refractivity contribution in [2.45, 2.75) is 11.0 Å². The van der Waals surface area contributed by atoms with E-state index >= 15 is 0 Å². The van der Waals surface area contributed by atoms with E-state index in [1.807, 2.05) is 24.3 Å². The second-order valence-electron chi connectivity index (χ2n) is 3.15. The minimum absolute atomic E-state index is 0.481. The molecule has 0 fully saturated rings. The van der Waals surface area contributed by atoms with Crippen molar-refractivity contribution >= 4 is 23.4 Å². The number of hydrogen-bond donors (Lipinski definition) is 2. The van der Waals surface area contributed by atoms with Crippen molar-refractivity contribution in [3.63, 3.8) is 0 Å². The maximum atomic E-state index is 9.75. The van der Waals surface area contributed by atoms with E-state index in [2.05, 4.69) is 15.2 Å². The zero-order chi connectivity index (χ0) is 11.4. The Morgan fingerprint density at radius 1 is 1.50 bits per heavy atom. The first-order chi connectivity index (χ1) is 7.75. The molecule has 0 radical (unpaired) electrons. The van der Waals surface area contributed by atoms with Gasteiger partial charge in [0.15, 0.2) is 5.82 Å². The molecule has 0 aliphatic carbocycles. The van der Waals surface area contributed by atoms with Gasteiger partial charge in [0.1, 0.15) is 12.4 Å². The van der Waals surface area contributed by atoms with Gasteiger partial charge in [-0.1, -0.05) is 17.7 Å². The number of aromatic amines is 1. The number of aliphatic hydroxyl groups excluding tert-OH is 1. The Bertz CT molecular complexity index is 449. The van der Waals surface area contributed by atoms with E-state index in [1.165, 1.54) is 18.1 Å². The molecule has 0 amide bonds. The van der Waals surface area contributed by atoms with Crippen LogP contribution in [-0.2, 0) is 0 Å². The molecule has 2 aromatic rings. The summed E-state index contributed by atoms with van der Waals surface area (Å²) in [5.74, 6) is 0.991. The zero-order valence-electron chi connectivity index (χ0n) is 8.30. The van der Waals surface area contributed by atoms with Crippen molar-refractivity contribution in [1.82, 2.24) is 15.2 Å². The van der Waals surface area contributed by atoms with Crippen molar-refractivity contribution in [3.8, 4) is 0 Å². The van der Waals surface area contributed by atoms with Crippen LogP contribution in [0, 0.1) is 0 Å². The summed E-state index contributed by atoms with van der Waals surface area (Å²) in [4.78, 5) is 4.91. The molecule has 2 rings (SSSR count). The van der Waals surface area contributed by atoms with Crippen molar-refractivity contribution in [2.24, 2.45) is 0 Å². The highest BCUT2D eigenvalue weighted by molar-refractivity contribution is 7.99. The Morgan fingerprint density at radius 3 is 3.06 bits per heavy atom. The zero-order valence-corrected chi connectivity index (χ0v) is 9.87. The lowest BCUT2D eigenvalue weighted by Crippen LogP contribution is -2.02. The molecule has 1 atom stereocenters. The van der Waals surface area contributed by atoms with Crippen LogP contribution in [0.1, 0.15) is 11.9 Å². The van der Waals surface area contributed by atoms with E-state index < -0.39 is 6.10 Å². The van der Waals surface area contributed by atoms with Crippen LogP contribution in [0.4, 0.5) is 0 Å². The summed E-state index contributed by atoms with van der Waals surface area (Å²) in [6.07, 6.45) is 0.731. The normalized spacial score (nSPS) is 12.6. The van der Waals surface area contributed by atoms with Crippen LogP contribution in [0.5, 0.6) is 0 Å². The van der Waals surface area contributed by atoms with Crippen LogP contribution in [0.2, 0.25) is 5.02 Å². The Kier molecular flexibility index (Phi) is 3.82. The monoisotopic (exact) mass is 255 g/mol. The molecule has 84 valence electrons. The van der Waals surface area contributed by atoms with Crippen LogP contribution >= 0.6 is 23.4 Å². The minimum atomic E-state index is -0.647. The van der Waals surface area contributed by atoms with Crippen LogP contribution in [0.15, 0.2) is 35.5 Å². The summed E-state index contributed by atoms with van der Waals surface area (Å²) in [7, 11) is 0. The molecule has 0 aliphatic rings. The first-order valence-electron chi connectivity index (χ1n) is 4.67. The molecular weight excluding hydrogens is 246 g/mol. The summed E-state index contributed by atoms with van der Waals surface area (Å²) in [6, 6.07) is 7.51. The second-order valence-corrected chi connectivity index (χ2v) is 4.68. The third kappa shape index (κ3) is 2.98. The van der Waals surface area contributed by atoms with Gasteiger partial charge in [-0.25, -0.2) is 4.98 Å². The third-order valence-electron chi connectivity index (χ3n) is 1.95. The van der Waals surface area contributed by atoms with E-state index in [1.54, 1.807) is 0 Å². The molecule has 0 spiro atoms. The van der Waals surface area contributed by atoms with Crippen molar-refractivity contribution in [2.75, 3.05) is 5.75 Å². The van der Waals surface area contributed by atoms with E-state index in [0.717, 1.165) is 4.90 Å². The van der Waals surface area contributed by atoms with Gasteiger partial charge in [-0.05, 0) is 18.2 Å². The molecule has 6 heteroatoms. The number of thioether (sulfide) groups is 1. The van der Waals surface area contributed by atoms with Gasteiger partial charge < -0.3 is 5.11 Å². The first-order valence-corrected chi connectivity index (χ1v) is 6.04. The summed E-state index contributed by atoms with van der Waals surface area (Å²) >= 11 is 7.37. The molecule has 1 unspecified atom stereocenters. The average molecular weight is 256 g/mol. The maximum Gasteiger partial charge on any atom is 0.154 e. The lowest BCUT2D eigenvalue weighted by atomic mass is 10.4. The predicted octanol–water partition coefficient (Wildman–Crippen LogP) is 2.28. The fraction of sp³-hybridized carbons (Fsp3) is 0.200. The van der Waals surface area contributed by atoms with Gasteiger partial charge >= 0.3 is 0 Å². The average Bonchev–Trinajstić information content (AvgIpc) is 2.79. The standard InChI is InChI=1S/C10H10ClN3OS/c11-7-2-1-3-8(4-7)16-5-9(15)10-12-6-13-14-10/h1-4,6,9,15H,5H2,(H,12,13,14). The van der Waals surface area contributed by atoms with Crippen LogP contribution in [0.25, 0.3) is 0 Å². The fourth-order valence-corrected chi connectivity index (χ4v) is 2.33. The van der Waals surface area contributed by atoms with Crippen molar-refractivity contribution in [3.05, 3.63) is 41.4 Å². The number of rotatable bonds is 4. The van der Waals surface area contributed by atoms with Gasteiger partial charge in [-0.3, -0.25) is 5.10 Å². The summed E-state index contributed by atoms with van der Waals surface area (Å²) in [6.45, 7) is 0. The summed E-state index contributed by atoms with van der Waals surface area (Å²) in [5.41, 5.74) is 0. The van der Waals surface area contributed by atoms with Gasteiger partial charge in [-0.15, -0.1) is 11.8 Å². The number of nitrogens with zero attached hydrogens (tertiary/aromatic N) is 2. The number of H-pyrrole nitrogens is 1. The summed E-state index contributed by atoms with van der Waals surface area (Å²) in [5, 5.41) is 16.8. The number of aliphatic hydroxyl groups is 1. The highest BCUT2D eigenvalue weighted by Gasteiger charge is 2.10. The molecule has 1 aromatic carbocycles. The smallest absolute Gasteiger partial charge is 0.154 e. The molecule has 1 aromatic heterocycles. The Hall–Kier alpha value is -1.04. The lowest BCUT2D eigenvalue weighted by molar-refractivity contribution is 0.194. The molecular formula is C10H10ClN3OS. The molecule has 0 aliphatic heterocycles. The molecule has 0 saturated heterocycles. The van der Waals surface area contributed by atoms with Crippen LogP contribution < -0.4 is 0 Å². The number of nitrogens with one attached hydrogen (secondary N) is 1. The molecule has 0 saturated carbocycles. The lowest BCUT2D eigenvalue weighted by Gasteiger charge is -2.06. The highest BCUT2D eigenvalue weighted by Crippen LogP contribution is 2.25. The van der Waals surface area contributed by atoms with Crippen LogP contribution in [0.3, 0.4) is 0 Å². The first kappa shape index (κ1) is 11.4. The molecule has 0 bridgehead atoms. The van der Waals surface area contributed by atoms with Gasteiger partial charge in [0.2, 0.25) is 0 Å². The Balaban J connectivity index is 1.92. The topological polar surface area (TPSA) is 61.8 Å². The second kappa shape index (κ2) is 5.34. The Morgan fingerprint density at radius 2 is 2.38 bits per heavy atom. The SMILES string of the molecule is OC(CSc1cccc(Cl)c1)c1ncn[nH]1. The third-order valence-corrected chi connectivity index (χ3v) is 3.26. The van der Waals surface area contributed by atoms with Gasteiger partial charge in [0.05, 0.1) is 0 Å². The number of hydrogen-bond acceptors (Lipinski definition) is 4. The Labute approximate surface area is 102 Å². The van der Waals surface area contributed by atoms with E-state index in [9.17, 15) is 5.11 Å². The quantitative estimate of drug-likeness (QED) is 0.823. The van der Waals surface area contributed by atoms with Gasteiger partial charge in [0.25, 0.3) is 0 Å². The summed E-state index contributed by atoms with van der Waals surface area (Å²) < 4.78 is 0. The molecule has 1 heterocycles. The highest BCUT2D eigenvalue weighted by atomic mass is 35.5. The van der Waals surface area contributed by atoms with E-state index in [4.69, 9.17) is 11.6 Å². The number of halogens is 1. The van der Waals surface area contributed by atoms with E-state index in [0.29, 0.717) is 16.6 Å². The number of aromatic nitrogens is 3. The predicted molar refractivity (Wildman–Crippen MR) is 63.5 cm³/mol. The number of benzene rings is 1. The minimum Gasteiger partial charge on any atom is -0.384 e. The van der Waals surface area contributed by atoms with Crippen molar-refractivity contribution < 1.29 is 5.11 Å². The van der Waals surface area contributed by atoms with Gasteiger partial charge in [0, 0.05) is 15.7 Å². The van der Waals surface area contributed by atoms with Crippen LogP contribution in [-0.4, -0.2) is 26.0 Å². The van der Waals surface area contributed by atoms with Crippen molar-refractivity contribution in [1.29, 1.82) is 0 Å². The maximum absolute atomic E-state index is 9.75. The molecule has 2 N–H and O–H groups in total. The largest absolute Gasteiger partial charge is 0.384 e. The van der Waals surface area contributed by atoms with E-state index in [-0.39, 0.29) is 0 Å².